The van der Waals surface area contributed by atoms with Crippen molar-refractivity contribution in [3.8, 4) is 5.75 Å². The highest BCUT2D eigenvalue weighted by molar-refractivity contribution is 6.30. The Labute approximate surface area is 210 Å². The van der Waals surface area contributed by atoms with E-state index in [1.165, 1.54) is 0 Å². The van der Waals surface area contributed by atoms with Crippen molar-refractivity contribution in [3.05, 3.63) is 82.9 Å². The molecule has 1 aliphatic heterocycles. The minimum atomic E-state index is -0.405. The van der Waals surface area contributed by atoms with Crippen molar-refractivity contribution in [3.63, 3.8) is 0 Å². The first-order valence-corrected chi connectivity index (χ1v) is 12.1. The highest BCUT2D eigenvalue weighted by atomic mass is 35.5. The van der Waals surface area contributed by atoms with E-state index in [-0.39, 0.29) is 5.91 Å². The molecule has 3 aromatic rings. The third-order valence-corrected chi connectivity index (χ3v) is 5.93. The molecule has 3 aromatic carbocycles. The molecule has 35 heavy (non-hydrogen) atoms. The highest BCUT2D eigenvalue weighted by Crippen LogP contribution is 2.30. The fourth-order valence-corrected chi connectivity index (χ4v) is 4.25. The summed E-state index contributed by atoms with van der Waals surface area (Å²) in [7, 11) is 0. The van der Waals surface area contributed by atoms with Crippen LogP contribution in [0.25, 0.3) is 0 Å². The van der Waals surface area contributed by atoms with Crippen molar-refractivity contribution in [1.82, 2.24) is 5.32 Å². The van der Waals surface area contributed by atoms with Crippen molar-refractivity contribution >= 4 is 40.6 Å². The largest absolute Gasteiger partial charge is 0.494 e. The minimum Gasteiger partial charge on any atom is -0.494 e. The predicted molar refractivity (Wildman–Crippen MR) is 141 cm³/mol. The van der Waals surface area contributed by atoms with Gasteiger partial charge in [0.1, 0.15) is 5.75 Å². The second-order valence-corrected chi connectivity index (χ2v) is 8.72. The number of halogens is 1. The van der Waals surface area contributed by atoms with Crippen molar-refractivity contribution in [2.75, 3.05) is 35.2 Å². The molecule has 4 rings (SSSR count). The van der Waals surface area contributed by atoms with Gasteiger partial charge >= 0.3 is 6.03 Å². The number of anilines is 3. The molecule has 0 unspecified atom stereocenters. The van der Waals surface area contributed by atoms with Gasteiger partial charge in [-0.3, -0.25) is 4.79 Å². The lowest BCUT2D eigenvalue weighted by Crippen LogP contribution is -2.26. The number of rotatable bonds is 8. The quantitative estimate of drug-likeness (QED) is 0.365. The first-order chi connectivity index (χ1) is 17.0. The number of hydrogen-bond acceptors (Lipinski definition) is 4. The van der Waals surface area contributed by atoms with E-state index in [1.54, 1.807) is 36.4 Å². The molecule has 0 bridgehead atoms. The number of carbonyl (C=O) groups is 2. The predicted octanol–water partition coefficient (Wildman–Crippen LogP) is 5.91. The molecule has 1 fully saturated rings. The van der Waals surface area contributed by atoms with Crippen LogP contribution in [0.4, 0.5) is 21.9 Å². The topological polar surface area (TPSA) is 82.7 Å². The maximum Gasteiger partial charge on any atom is 0.323 e. The van der Waals surface area contributed by atoms with E-state index in [4.69, 9.17) is 16.3 Å². The van der Waals surface area contributed by atoms with Crippen molar-refractivity contribution in [1.29, 1.82) is 0 Å². The van der Waals surface area contributed by atoms with Gasteiger partial charge in [-0.25, -0.2) is 4.79 Å². The van der Waals surface area contributed by atoms with Crippen LogP contribution in [-0.4, -0.2) is 31.6 Å². The zero-order valence-corrected chi connectivity index (χ0v) is 20.4. The molecule has 0 aromatic heterocycles. The van der Waals surface area contributed by atoms with E-state index in [0.29, 0.717) is 35.1 Å². The van der Waals surface area contributed by atoms with Crippen LogP contribution in [0, 0.1) is 0 Å². The normalized spacial score (nSPS) is 12.8. The molecular formula is C27H29ClN4O3. The summed E-state index contributed by atoms with van der Waals surface area (Å²) in [6, 6.07) is 19.6. The zero-order chi connectivity index (χ0) is 24.6. The molecule has 7 nitrogen and oxygen atoms in total. The van der Waals surface area contributed by atoms with Crippen LogP contribution in [0.2, 0.25) is 5.02 Å². The maximum atomic E-state index is 12.9. The summed E-state index contributed by atoms with van der Waals surface area (Å²) < 4.78 is 5.53. The molecule has 3 N–H and O–H groups in total. The standard InChI is InChI=1S/C27H29ClN4O3/c1-2-35-23-10-5-7-19(15-23)18-29-26(33)20-11-12-25(32-13-3-4-14-32)24(16-20)31-27(34)30-22-9-6-8-21(28)17-22/h5-12,15-17H,2-4,13-14,18H2,1H3,(H,29,33)(H2,30,31,34). The van der Waals surface area contributed by atoms with Gasteiger partial charge < -0.3 is 25.6 Å². The summed E-state index contributed by atoms with van der Waals surface area (Å²) in [4.78, 5) is 27.9. The molecule has 0 saturated carbocycles. The van der Waals surface area contributed by atoms with Gasteiger partial charge in [-0.05, 0) is 73.9 Å². The number of hydrogen-bond donors (Lipinski definition) is 3. The van der Waals surface area contributed by atoms with Gasteiger partial charge in [0.15, 0.2) is 0 Å². The lowest BCUT2D eigenvalue weighted by atomic mass is 10.1. The number of nitrogens with one attached hydrogen (secondary N) is 3. The number of urea groups is 1. The average Bonchev–Trinajstić information content (AvgIpc) is 3.38. The van der Waals surface area contributed by atoms with Gasteiger partial charge in [0, 0.05) is 35.9 Å². The van der Waals surface area contributed by atoms with Crippen LogP contribution in [-0.2, 0) is 6.54 Å². The molecule has 1 saturated heterocycles. The van der Waals surface area contributed by atoms with Crippen LogP contribution >= 0.6 is 11.6 Å². The SMILES string of the molecule is CCOc1cccc(CNC(=O)c2ccc(N3CCCC3)c(NC(=O)Nc3cccc(Cl)c3)c2)c1. The fraction of sp³-hybridized carbons (Fsp3) is 0.259. The summed E-state index contributed by atoms with van der Waals surface area (Å²) >= 11 is 6.02. The Kier molecular flexibility index (Phi) is 8.11. The van der Waals surface area contributed by atoms with E-state index in [0.717, 1.165) is 42.9 Å². The molecule has 3 amide bonds. The fourth-order valence-electron chi connectivity index (χ4n) is 4.06. The Morgan fingerprint density at radius 3 is 2.54 bits per heavy atom. The van der Waals surface area contributed by atoms with Gasteiger partial charge in [-0.15, -0.1) is 0 Å². The Morgan fingerprint density at radius 1 is 0.971 bits per heavy atom. The number of nitrogens with zero attached hydrogens (tertiary/aromatic N) is 1. The monoisotopic (exact) mass is 492 g/mol. The van der Waals surface area contributed by atoms with Crippen molar-refractivity contribution in [2.24, 2.45) is 0 Å². The first kappa shape index (κ1) is 24.4. The number of amides is 3. The van der Waals surface area contributed by atoms with Crippen LogP contribution < -0.4 is 25.6 Å². The van der Waals surface area contributed by atoms with Crippen LogP contribution in [0.1, 0.15) is 35.7 Å². The van der Waals surface area contributed by atoms with Crippen LogP contribution in [0.3, 0.4) is 0 Å². The van der Waals surface area contributed by atoms with Gasteiger partial charge in [0.05, 0.1) is 18.0 Å². The summed E-state index contributed by atoms with van der Waals surface area (Å²) in [6.45, 7) is 4.70. The van der Waals surface area contributed by atoms with Gasteiger partial charge in [0.2, 0.25) is 0 Å². The molecule has 1 heterocycles. The molecule has 0 spiro atoms. The Balaban J connectivity index is 1.48. The summed E-state index contributed by atoms with van der Waals surface area (Å²) in [5.41, 5.74) is 3.47. The molecule has 0 radical (unpaired) electrons. The number of benzene rings is 3. The Bertz CT molecular complexity index is 1190. The zero-order valence-electron chi connectivity index (χ0n) is 19.6. The summed E-state index contributed by atoms with van der Waals surface area (Å²) in [5.74, 6) is 0.546. The highest BCUT2D eigenvalue weighted by Gasteiger charge is 2.19. The summed E-state index contributed by atoms with van der Waals surface area (Å²) in [6.07, 6.45) is 2.19. The third kappa shape index (κ3) is 6.67. The summed E-state index contributed by atoms with van der Waals surface area (Å²) in [5, 5.41) is 9.19. The van der Waals surface area contributed by atoms with Crippen molar-refractivity contribution in [2.45, 2.75) is 26.3 Å². The third-order valence-electron chi connectivity index (χ3n) is 5.70. The molecule has 182 valence electrons. The second kappa shape index (κ2) is 11.6. The number of carbonyl (C=O) groups excluding carboxylic acids is 2. The van der Waals surface area contributed by atoms with E-state index in [9.17, 15) is 9.59 Å². The van der Waals surface area contributed by atoms with Crippen molar-refractivity contribution < 1.29 is 14.3 Å². The Morgan fingerprint density at radius 2 is 1.77 bits per heavy atom. The first-order valence-electron chi connectivity index (χ1n) is 11.7. The average molecular weight is 493 g/mol. The lowest BCUT2D eigenvalue weighted by Gasteiger charge is -2.22. The van der Waals surface area contributed by atoms with Gasteiger partial charge in [0.25, 0.3) is 5.91 Å². The van der Waals surface area contributed by atoms with Crippen LogP contribution in [0.15, 0.2) is 66.7 Å². The van der Waals surface area contributed by atoms with Crippen LogP contribution in [0.5, 0.6) is 5.75 Å². The van der Waals surface area contributed by atoms with E-state index >= 15 is 0 Å². The minimum absolute atomic E-state index is 0.224. The Hall–Kier alpha value is -3.71. The van der Waals surface area contributed by atoms with Gasteiger partial charge in [-0.2, -0.15) is 0 Å². The molecule has 8 heteroatoms. The molecule has 0 atom stereocenters. The lowest BCUT2D eigenvalue weighted by molar-refractivity contribution is 0.0951. The van der Waals surface area contributed by atoms with E-state index in [2.05, 4.69) is 20.9 Å². The maximum absolute atomic E-state index is 12.9. The second-order valence-electron chi connectivity index (χ2n) is 8.28. The molecule has 1 aliphatic rings. The molecular weight excluding hydrogens is 464 g/mol. The van der Waals surface area contributed by atoms with E-state index < -0.39 is 6.03 Å². The van der Waals surface area contributed by atoms with Gasteiger partial charge in [-0.1, -0.05) is 29.8 Å². The van der Waals surface area contributed by atoms with E-state index in [1.807, 2.05) is 37.3 Å². The smallest absolute Gasteiger partial charge is 0.323 e. The molecule has 0 aliphatic carbocycles. The number of ether oxygens (including phenoxy) is 1.